The highest BCUT2D eigenvalue weighted by Crippen LogP contribution is 2.33. The zero-order valence-corrected chi connectivity index (χ0v) is 14.9. The van der Waals surface area contributed by atoms with Crippen LogP contribution in [0, 0.1) is 0 Å². The largest absolute Gasteiger partial charge is 0.481 e. The van der Waals surface area contributed by atoms with Crippen molar-refractivity contribution in [3.05, 3.63) is 12.2 Å². The Labute approximate surface area is 150 Å². The van der Waals surface area contributed by atoms with Crippen LogP contribution in [0.1, 0.15) is 32.6 Å². The summed E-state index contributed by atoms with van der Waals surface area (Å²) in [6.07, 6.45) is 5.45. The molecule has 4 amide bonds. The summed E-state index contributed by atoms with van der Waals surface area (Å²) < 4.78 is 0. The van der Waals surface area contributed by atoms with Gasteiger partial charge >= 0.3 is 12.0 Å². The highest BCUT2D eigenvalue weighted by atomic mass is 32.2. The Morgan fingerprint density at radius 1 is 1.24 bits per heavy atom. The van der Waals surface area contributed by atoms with Crippen LogP contribution in [0.15, 0.2) is 12.2 Å². The Morgan fingerprint density at radius 2 is 1.92 bits per heavy atom. The van der Waals surface area contributed by atoms with E-state index in [0.29, 0.717) is 11.8 Å². The van der Waals surface area contributed by atoms with Crippen molar-refractivity contribution in [2.45, 2.75) is 49.9 Å². The molecule has 3 heterocycles. The van der Waals surface area contributed by atoms with Crippen LogP contribution in [-0.4, -0.2) is 63.5 Å². The molecule has 138 valence electrons. The normalized spacial score (nSPS) is 26.8. The van der Waals surface area contributed by atoms with Crippen molar-refractivity contribution in [3.8, 4) is 0 Å². The second-order valence-corrected chi connectivity index (χ2v) is 7.29. The molecule has 0 bridgehead atoms. The van der Waals surface area contributed by atoms with Gasteiger partial charge in [-0.25, -0.2) is 4.79 Å². The number of hydrogen-bond acceptors (Lipinski definition) is 5. The first kappa shape index (κ1) is 19.3. The van der Waals surface area contributed by atoms with Crippen molar-refractivity contribution < 1.29 is 24.3 Å². The molecular weight excluding hydrogens is 346 g/mol. The molecule has 0 aromatic carbocycles. The second-order valence-electron chi connectivity index (χ2n) is 6.02. The summed E-state index contributed by atoms with van der Waals surface area (Å²) in [5.74, 6) is -0.176. The second kappa shape index (κ2) is 8.89. The molecule has 0 saturated carbocycles. The Hall–Kier alpha value is -2.03. The van der Waals surface area contributed by atoms with Crippen molar-refractivity contribution in [3.63, 3.8) is 0 Å². The van der Waals surface area contributed by atoms with Gasteiger partial charge in [-0.05, 0) is 19.8 Å². The topological polar surface area (TPSA) is 116 Å². The number of fused-ring (bicyclic) bond motifs is 1. The number of hydrogen-bond donors (Lipinski definition) is 3. The number of carbonyl (C=O) groups is 4. The maximum absolute atomic E-state index is 11.1. The number of carboxylic acids is 1. The number of urea groups is 1. The van der Waals surface area contributed by atoms with Crippen LogP contribution in [0.2, 0.25) is 0 Å². The van der Waals surface area contributed by atoms with E-state index in [-0.39, 0.29) is 36.3 Å². The summed E-state index contributed by atoms with van der Waals surface area (Å²) in [5.41, 5.74) is 0. The van der Waals surface area contributed by atoms with Gasteiger partial charge in [0.2, 0.25) is 0 Å². The van der Waals surface area contributed by atoms with E-state index in [4.69, 9.17) is 5.11 Å². The SMILES string of the molecule is CCN1C(=O)C=CC1=O.O=C(O)CCCC[C@@H]1SC[C@@H]2NC(=O)N[C@@H]21. The van der Waals surface area contributed by atoms with E-state index in [1.165, 1.54) is 17.1 Å². The number of imide groups is 1. The first-order chi connectivity index (χ1) is 11.9. The van der Waals surface area contributed by atoms with Gasteiger partial charge in [0.05, 0.1) is 12.1 Å². The lowest BCUT2D eigenvalue weighted by Crippen LogP contribution is -2.36. The van der Waals surface area contributed by atoms with Crippen molar-refractivity contribution in [1.29, 1.82) is 0 Å². The Morgan fingerprint density at radius 3 is 2.48 bits per heavy atom. The molecule has 0 aromatic rings. The molecule has 0 spiro atoms. The molecule has 3 atom stereocenters. The lowest BCUT2D eigenvalue weighted by molar-refractivity contribution is -0.138. The molecule has 2 fully saturated rings. The van der Waals surface area contributed by atoms with Crippen molar-refractivity contribution >= 4 is 35.6 Å². The number of rotatable bonds is 6. The van der Waals surface area contributed by atoms with Crippen LogP contribution in [0.25, 0.3) is 0 Å². The third-order valence-electron chi connectivity index (χ3n) is 4.28. The van der Waals surface area contributed by atoms with Crippen molar-refractivity contribution in [2.24, 2.45) is 0 Å². The summed E-state index contributed by atoms with van der Waals surface area (Å²) in [4.78, 5) is 43.9. The fourth-order valence-electron chi connectivity index (χ4n) is 3.01. The number of unbranched alkanes of at least 4 members (excludes halogenated alkanes) is 1. The van der Waals surface area contributed by atoms with Crippen LogP contribution in [0.4, 0.5) is 4.79 Å². The lowest BCUT2D eigenvalue weighted by Gasteiger charge is -2.16. The van der Waals surface area contributed by atoms with E-state index in [0.717, 1.165) is 25.0 Å². The highest BCUT2D eigenvalue weighted by molar-refractivity contribution is 8.00. The minimum atomic E-state index is -0.729. The van der Waals surface area contributed by atoms with Gasteiger partial charge in [0, 0.05) is 36.1 Å². The predicted molar refractivity (Wildman–Crippen MR) is 93.1 cm³/mol. The maximum atomic E-state index is 11.1. The predicted octanol–water partition coefficient (Wildman–Crippen LogP) is 0.728. The number of aliphatic carboxylic acids is 1. The van der Waals surface area contributed by atoms with Gasteiger partial charge in [0.25, 0.3) is 11.8 Å². The Balaban J connectivity index is 0.000000212. The molecule has 0 radical (unpaired) electrons. The lowest BCUT2D eigenvalue weighted by atomic mass is 10.0. The third kappa shape index (κ3) is 5.22. The average molecular weight is 369 g/mol. The van der Waals surface area contributed by atoms with E-state index in [1.54, 1.807) is 6.92 Å². The first-order valence-electron chi connectivity index (χ1n) is 8.36. The monoisotopic (exact) mass is 369 g/mol. The number of carboxylic acid groups (broad SMARTS) is 1. The minimum Gasteiger partial charge on any atom is -0.481 e. The maximum Gasteiger partial charge on any atom is 0.315 e. The zero-order chi connectivity index (χ0) is 18.4. The molecule has 25 heavy (non-hydrogen) atoms. The summed E-state index contributed by atoms with van der Waals surface area (Å²) in [6, 6.07) is 0.440. The van der Waals surface area contributed by atoms with Crippen LogP contribution < -0.4 is 10.6 Å². The van der Waals surface area contributed by atoms with Crippen LogP contribution in [-0.2, 0) is 14.4 Å². The van der Waals surface area contributed by atoms with Crippen molar-refractivity contribution in [2.75, 3.05) is 12.3 Å². The standard InChI is InChI=1S/C10H16N2O3S.C6H7NO2/c13-8(14)4-2-1-3-7-9-6(5-16-7)11-10(15)12-9;1-2-7-5(8)3-4-6(7)9/h6-7,9H,1-5H2,(H,13,14)(H2,11,12,15);3-4H,2H2,1H3/t6-,7-,9-;/m0./s1. The number of likely N-dealkylation sites (N-methyl/N-ethyl adjacent to an activating group) is 1. The molecule has 9 heteroatoms. The fraction of sp³-hybridized carbons (Fsp3) is 0.625. The molecule has 3 aliphatic rings. The van der Waals surface area contributed by atoms with Crippen molar-refractivity contribution in [1.82, 2.24) is 15.5 Å². The van der Waals surface area contributed by atoms with Gasteiger partial charge in [-0.1, -0.05) is 6.42 Å². The van der Waals surface area contributed by atoms with Crippen LogP contribution in [0.3, 0.4) is 0 Å². The molecule has 3 N–H and O–H groups in total. The number of nitrogens with one attached hydrogen (secondary N) is 2. The highest BCUT2D eigenvalue weighted by Gasteiger charge is 2.42. The van der Waals surface area contributed by atoms with Gasteiger partial charge in [-0.2, -0.15) is 11.8 Å². The first-order valence-corrected chi connectivity index (χ1v) is 9.41. The molecule has 2 saturated heterocycles. The van der Waals surface area contributed by atoms with Gasteiger partial charge in [0.15, 0.2) is 0 Å². The molecule has 3 aliphatic heterocycles. The summed E-state index contributed by atoms with van der Waals surface area (Å²) in [6.45, 7) is 2.23. The van der Waals surface area contributed by atoms with Crippen LogP contribution >= 0.6 is 11.8 Å². The Kier molecular flexibility index (Phi) is 6.86. The number of nitrogens with zero attached hydrogens (tertiary/aromatic N) is 1. The van der Waals surface area contributed by atoms with Gasteiger partial charge in [0.1, 0.15) is 0 Å². The molecule has 8 nitrogen and oxygen atoms in total. The number of amides is 4. The quantitative estimate of drug-likeness (QED) is 0.361. The van der Waals surface area contributed by atoms with E-state index >= 15 is 0 Å². The van der Waals surface area contributed by atoms with E-state index in [9.17, 15) is 19.2 Å². The Bertz CT molecular complexity index is 562. The van der Waals surface area contributed by atoms with E-state index < -0.39 is 5.97 Å². The average Bonchev–Trinajstić information content (AvgIpc) is 3.19. The number of thioether (sulfide) groups is 1. The summed E-state index contributed by atoms with van der Waals surface area (Å²) in [5, 5.41) is 14.8. The van der Waals surface area contributed by atoms with E-state index in [1.807, 2.05) is 11.8 Å². The summed E-state index contributed by atoms with van der Waals surface area (Å²) >= 11 is 1.87. The smallest absolute Gasteiger partial charge is 0.315 e. The molecule has 0 aromatic heterocycles. The molecule has 0 aliphatic carbocycles. The fourth-order valence-corrected chi connectivity index (χ4v) is 4.55. The van der Waals surface area contributed by atoms with Gasteiger partial charge in [-0.15, -0.1) is 0 Å². The summed E-state index contributed by atoms with van der Waals surface area (Å²) in [7, 11) is 0. The number of carbonyl (C=O) groups excluding carboxylic acids is 3. The molecule has 0 unspecified atom stereocenters. The minimum absolute atomic E-state index is 0.0640. The molecular formula is C16H23N3O5S. The van der Waals surface area contributed by atoms with Gasteiger partial charge < -0.3 is 15.7 Å². The third-order valence-corrected chi connectivity index (χ3v) is 5.79. The molecule has 3 rings (SSSR count). The van der Waals surface area contributed by atoms with Gasteiger partial charge in [-0.3, -0.25) is 19.3 Å². The van der Waals surface area contributed by atoms with E-state index in [2.05, 4.69) is 10.6 Å². The zero-order valence-electron chi connectivity index (χ0n) is 14.1. The van der Waals surface area contributed by atoms with Crippen LogP contribution in [0.5, 0.6) is 0 Å².